The van der Waals surface area contributed by atoms with Gasteiger partial charge in [-0.05, 0) is 39.0 Å². The number of esters is 1. The zero-order valence-electron chi connectivity index (χ0n) is 12.9. The Balaban J connectivity index is 2.06. The molecule has 2 rings (SSSR count). The second-order valence-corrected chi connectivity index (χ2v) is 5.95. The summed E-state index contributed by atoms with van der Waals surface area (Å²) in [6.07, 6.45) is 0. The standard InChI is InChI=1S/C17H18BrNO3/c1-4-19-11(2)8-15(12(19)3)17(21)22-10-16(20)13-6-5-7-14(18)9-13/h5-9H,4,10H2,1-3H3. The van der Waals surface area contributed by atoms with E-state index in [0.29, 0.717) is 11.1 Å². The highest BCUT2D eigenvalue weighted by Crippen LogP contribution is 2.17. The number of halogens is 1. The van der Waals surface area contributed by atoms with Gasteiger partial charge in [-0.25, -0.2) is 4.79 Å². The van der Waals surface area contributed by atoms with Gasteiger partial charge < -0.3 is 9.30 Å². The van der Waals surface area contributed by atoms with Gasteiger partial charge in [0.1, 0.15) is 0 Å². The zero-order chi connectivity index (χ0) is 16.3. The minimum atomic E-state index is -0.462. The number of carbonyl (C=O) groups is 2. The molecule has 1 aromatic carbocycles. The molecule has 5 heteroatoms. The fourth-order valence-corrected chi connectivity index (χ4v) is 2.85. The highest BCUT2D eigenvalue weighted by Gasteiger charge is 2.17. The van der Waals surface area contributed by atoms with Crippen LogP contribution in [0.2, 0.25) is 0 Å². The molecule has 0 bridgehead atoms. The van der Waals surface area contributed by atoms with Crippen molar-refractivity contribution >= 4 is 27.7 Å². The molecule has 0 saturated carbocycles. The van der Waals surface area contributed by atoms with Gasteiger partial charge in [0.25, 0.3) is 0 Å². The lowest BCUT2D eigenvalue weighted by molar-refractivity contribution is 0.0474. The number of hydrogen-bond acceptors (Lipinski definition) is 3. The van der Waals surface area contributed by atoms with Crippen molar-refractivity contribution in [1.29, 1.82) is 0 Å². The summed E-state index contributed by atoms with van der Waals surface area (Å²) in [4.78, 5) is 24.2. The van der Waals surface area contributed by atoms with Gasteiger partial charge in [-0.1, -0.05) is 28.1 Å². The number of carbonyl (C=O) groups excluding carboxylic acids is 2. The van der Waals surface area contributed by atoms with Gasteiger partial charge in [0, 0.05) is 28.0 Å². The molecular formula is C17H18BrNO3. The van der Waals surface area contributed by atoms with Crippen molar-refractivity contribution in [2.75, 3.05) is 6.61 Å². The third kappa shape index (κ3) is 3.47. The first-order valence-electron chi connectivity index (χ1n) is 7.06. The Morgan fingerprint density at radius 3 is 2.55 bits per heavy atom. The third-order valence-electron chi connectivity index (χ3n) is 3.59. The average molecular weight is 364 g/mol. The van der Waals surface area contributed by atoms with E-state index in [1.165, 1.54) is 0 Å². The molecule has 0 unspecified atom stereocenters. The van der Waals surface area contributed by atoms with E-state index in [1.807, 2.05) is 31.4 Å². The second-order valence-electron chi connectivity index (χ2n) is 5.04. The summed E-state index contributed by atoms with van der Waals surface area (Å²) in [5.41, 5.74) is 2.90. The van der Waals surface area contributed by atoms with Crippen LogP contribution in [0.1, 0.15) is 39.0 Å². The van der Waals surface area contributed by atoms with E-state index in [-0.39, 0.29) is 12.4 Å². The molecule has 0 fully saturated rings. The number of hydrogen-bond donors (Lipinski definition) is 0. The quantitative estimate of drug-likeness (QED) is 0.597. The van der Waals surface area contributed by atoms with Crippen LogP contribution in [0.5, 0.6) is 0 Å². The Hall–Kier alpha value is -1.88. The van der Waals surface area contributed by atoms with E-state index < -0.39 is 5.97 Å². The van der Waals surface area contributed by atoms with Crippen LogP contribution in [0.3, 0.4) is 0 Å². The Morgan fingerprint density at radius 2 is 1.95 bits per heavy atom. The van der Waals surface area contributed by atoms with E-state index in [0.717, 1.165) is 22.4 Å². The molecule has 0 aliphatic carbocycles. The van der Waals surface area contributed by atoms with Crippen LogP contribution in [0.15, 0.2) is 34.8 Å². The van der Waals surface area contributed by atoms with Crippen LogP contribution in [0.25, 0.3) is 0 Å². The van der Waals surface area contributed by atoms with E-state index in [9.17, 15) is 9.59 Å². The molecule has 0 saturated heterocycles. The molecule has 2 aromatic rings. The number of aromatic nitrogens is 1. The van der Waals surface area contributed by atoms with Crippen molar-refractivity contribution in [3.05, 3.63) is 57.3 Å². The Morgan fingerprint density at radius 1 is 1.23 bits per heavy atom. The summed E-state index contributed by atoms with van der Waals surface area (Å²) in [5, 5.41) is 0. The number of ketones is 1. The van der Waals surface area contributed by atoms with Crippen molar-refractivity contribution in [2.24, 2.45) is 0 Å². The molecular weight excluding hydrogens is 346 g/mol. The summed E-state index contributed by atoms with van der Waals surface area (Å²) in [5.74, 6) is -0.685. The van der Waals surface area contributed by atoms with Crippen LogP contribution >= 0.6 is 15.9 Å². The van der Waals surface area contributed by atoms with Gasteiger partial charge in [-0.15, -0.1) is 0 Å². The molecule has 116 valence electrons. The lowest BCUT2D eigenvalue weighted by Crippen LogP contribution is -2.15. The number of nitrogens with zero attached hydrogens (tertiary/aromatic N) is 1. The summed E-state index contributed by atoms with van der Waals surface area (Å²) < 4.78 is 8.01. The Bertz CT molecular complexity index is 719. The number of benzene rings is 1. The van der Waals surface area contributed by atoms with Gasteiger partial charge in [0.05, 0.1) is 5.56 Å². The van der Waals surface area contributed by atoms with E-state index >= 15 is 0 Å². The fourth-order valence-electron chi connectivity index (χ4n) is 2.45. The molecule has 0 aliphatic heterocycles. The van der Waals surface area contributed by atoms with Crippen LogP contribution in [0.4, 0.5) is 0 Å². The van der Waals surface area contributed by atoms with Gasteiger partial charge in [-0.2, -0.15) is 0 Å². The summed E-state index contributed by atoms with van der Waals surface area (Å²) in [6.45, 7) is 6.38. The fraction of sp³-hybridized carbons (Fsp3) is 0.294. The van der Waals surface area contributed by atoms with E-state index in [4.69, 9.17) is 4.74 Å². The molecule has 1 aromatic heterocycles. The zero-order valence-corrected chi connectivity index (χ0v) is 14.4. The molecule has 0 spiro atoms. The normalized spacial score (nSPS) is 10.5. The predicted molar refractivity (Wildman–Crippen MR) is 88.3 cm³/mol. The first kappa shape index (κ1) is 16.5. The van der Waals surface area contributed by atoms with E-state index in [2.05, 4.69) is 15.9 Å². The second kappa shape index (κ2) is 6.92. The average Bonchev–Trinajstić information content (AvgIpc) is 2.78. The summed E-state index contributed by atoms with van der Waals surface area (Å²) in [6, 6.07) is 8.81. The Labute approximate surface area is 138 Å². The van der Waals surface area contributed by atoms with Gasteiger partial charge >= 0.3 is 5.97 Å². The first-order valence-corrected chi connectivity index (χ1v) is 7.86. The highest BCUT2D eigenvalue weighted by molar-refractivity contribution is 9.10. The smallest absolute Gasteiger partial charge is 0.340 e. The number of aryl methyl sites for hydroxylation is 1. The number of ether oxygens (including phenoxy) is 1. The number of Topliss-reactive ketones (excluding diaryl/α,β-unsaturated/α-hetero) is 1. The van der Waals surface area contributed by atoms with Crippen molar-refractivity contribution in [3.63, 3.8) is 0 Å². The van der Waals surface area contributed by atoms with Crippen LogP contribution < -0.4 is 0 Å². The minimum Gasteiger partial charge on any atom is -0.454 e. The van der Waals surface area contributed by atoms with Gasteiger partial charge in [0.2, 0.25) is 0 Å². The maximum absolute atomic E-state index is 12.2. The summed E-state index contributed by atoms with van der Waals surface area (Å²) >= 11 is 3.31. The largest absolute Gasteiger partial charge is 0.454 e. The first-order chi connectivity index (χ1) is 10.4. The predicted octanol–water partition coefficient (Wildman–Crippen LogP) is 3.93. The molecule has 0 N–H and O–H groups in total. The number of rotatable bonds is 5. The maximum atomic E-state index is 12.2. The maximum Gasteiger partial charge on any atom is 0.340 e. The third-order valence-corrected chi connectivity index (χ3v) is 4.08. The monoisotopic (exact) mass is 363 g/mol. The molecule has 22 heavy (non-hydrogen) atoms. The lowest BCUT2D eigenvalue weighted by atomic mass is 10.1. The van der Waals surface area contributed by atoms with Crippen molar-refractivity contribution < 1.29 is 14.3 Å². The SMILES string of the molecule is CCn1c(C)cc(C(=O)OCC(=O)c2cccc(Br)c2)c1C. The molecule has 1 heterocycles. The van der Waals surface area contributed by atoms with E-state index in [1.54, 1.807) is 24.3 Å². The lowest BCUT2D eigenvalue weighted by Gasteiger charge is -2.06. The van der Waals surface area contributed by atoms with Crippen molar-refractivity contribution in [3.8, 4) is 0 Å². The molecule has 0 radical (unpaired) electrons. The van der Waals surface area contributed by atoms with Gasteiger partial charge in [-0.3, -0.25) is 4.79 Å². The molecule has 0 amide bonds. The highest BCUT2D eigenvalue weighted by atomic mass is 79.9. The molecule has 0 atom stereocenters. The van der Waals surface area contributed by atoms with Crippen LogP contribution in [-0.4, -0.2) is 22.9 Å². The summed E-state index contributed by atoms with van der Waals surface area (Å²) in [7, 11) is 0. The van der Waals surface area contributed by atoms with Gasteiger partial charge in [0.15, 0.2) is 12.4 Å². The molecule has 0 aliphatic rings. The molecule has 4 nitrogen and oxygen atoms in total. The topological polar surface area (TPSA) is 48.3 Å². The van der Waals surface area contributed by atoms with Crippen LogP contribution in [-0.2, 0) is 11.3 Å². The van der Waals surface area contributed by atoms with Crippen molar-refractivity contribution in [2.45, 2.75) is 27.3 Å². The minimum absolute atomic E-state index is 0.223. The van der Waals surface area contributed by atoms with Crippen molar-refractivity contribution in [1.82, 2.24) is 4.57 Å². The van der Waals surface area contributed by atoms with Crippen LogP contribution in [0, 0.1) is 13.8 Å². The Kier molecular flexibility index (Phi) is 5.19.